The molecule has 0 heterocycles. The normalized spacial score (nSPS) is 13.5. The van der Waals surface area contributed by atoms with E-state index in [4.69, 9.17) is 0 Å². The van der Waals surface area contributed by atoms with Crippen LogP contribution in [0.2, 0.25) is 0 Å². The van der Waals surface area contributed by atoms with Crippen LogP contribution in [0.25, 0.3) is 6.08 Å². The number of nitriles is 1. The van der Waals surface area contributed by atoms with Crippen LogP contribution in [0.1, 0.15) is 79.0 Å². The molecule has 0 saturated heterocycles. The number of nitrogens with zero attached hydrogens (tertiary/aromatic N) is 1. The van der Waals surface area contributed by atoms with Crippen molar-refractivity contribution < 1.29 is 9.90 Å². The number of phenolic OH excluding ortho intramolecular Hbond substituents is 1. The fourth-order valence-electron chi connectivity index (χ4n) is 2.60. The second-order valence-corrected chi connectivity index (χ2v) is 9.71. The summed E-state index contributed by atoms with van der Waals surface area (Å²) in [5, 5.41) is 20.2. The van der Waals surface area contributed by atoms with Gasteiger partial charge in [0.2, 0.25) is 0 Å². The van der Waals surface area contributed by atoms with Gasteiger partial charge in [0.15, 0.2) is 5.78 Å². The first-order chi connectivity index (χ1) is 11.1. The highest BCUT2D eigenvalue weighted by atomic mass is 16.3. The van der Waals surface area contributed by atoms with Crippen molar-refractivity contribution in [2.75, 3.05) is 0 Å². The van der Waals surface area contributed by atoms with Gasteiger partial charge in [0.05, 0.1) is 5.57 Å². The Balaban J connectivity index is 3.70. The number of hydrogen-bond donors (Lipinski definition) is 1. The van der Waals surface area contributed by atoms with Crippen molar-refractivity contribution in [3.05, 3.63) is 34.4 Å². The summed E-state index contributed by atoms with van der Waals surface area (Å²) in [6.07, 6.45) is 1.64. The van der Waals surface area contributed by atoms with Crippen LogP contribution in [0.3, 0.4) is 0 Å². The number of ketones is 1. The topological polar surface area (TPSA) is 61.1 Å². The van der Waals surface area contributed by atoms with Gasteiger partial charge in [-0.3, -0.25) is 4.79 Å². The van der Waals surface area contributed by atoms with Gasteiger partial charge in [0, 0.05) is 16.5 Å². The smallest absolute Gasteiger partial charge is 0.178 e. The molecule has 0 fully saturated rings. The number of benzene rings is 1. The maximum Gasteiger partial charge on any atom is 0.178 e. The third-order valence-corrected chi connectivity index (χ3v) is 4.11. The molecule has 0 aromatic heterocycles. The average Bonchev–Trinajstić information content (AvgIpc) is 2.41. The molecule has 0 saturated carbocycles. The molecule has 1 aromatic rings. The van der Waals surface area contributed by atoms with Crippen LogP contribution < -0.4 is 0 Å². The van der Waals surface area contributed by atoms with Crippen molar-refractivity contribution in [1.29, 1.82) is 5.26 Å². The van der Waals surface area contributed by atoms with Gasteiger partial charge in [-0.05, 0) is 34.6 Å². The Kier molecular flexibility index (Phi) is 5.59. The largest absolute Gasteiger partial charge is 0.507 e. The van der Waals surface area contributed by atoms with Gasteiger partial charge in [-0.2, -0.15) is 5.26 Å². The maximum atomic E-state index is 12.5. The summed E-state index contributed by atoms with van der Waals surface area (Å²) in [4.78, 5) is 12.5. The number of phenols is 1. The molecule has 1 N–H and O–H groups in total. The van der Waals surface area contributed by atoms with Crippen LogP contribution in [-0.4, -0.2) is 10.9 Å². The van der Waals surface area contributed by atoms with Gasteiger partial charge in [0.1, 0.15) is 11.8 Å². The molecule has 1 rings (SSSR count). The molecule has 0 aliphatic heterocycles. The molecular formula is C22H31NO2. The Bertz CT molecular complexity index is 707. The van der Waals surface area contributed by atoms with Crippen LogP contribution >= 0.6 is 0 Å². The van der Waals surface area contributed by atoms with Gasteiger partial charge in [-0.25, -0.2) is 0 Å². The minimum absolute atomic E-state index is 0.137. The molecule has 3 heteroatoms. The number of Topliss-reactive ketones (excluding diaryl/α,β-unsaturated/α-hetero) is 1. The molecule has 0 bridgehead atoms. The summed E-state index contributed by atoms with van der Waals surface area (Å²) in [5.41, 5.74) is 1.40. The Morgan fingerprint density at radius 2 is 1.36 bits per heavy atom. The van der Waals surface area contributed by atoms with Crippen molar-refractivity contribution in [3.63, 3.8) is 0 Å². The summed E-state index contributed by atoms with van der Waals surface area (Å²) in [6.45, 7) is 17.6. The molecule has 0 amide bonds. The SMILES string of the molecule is CC(C)(C)C(=O)/C(C#N)=C\c1cc(C(C)(C)C)c(O)c(C(C)(C)C)c1. The number of carbonyl (C=O) groups excluding carboxylic acids is 1. The van der Waals surface area contributed by atoms with E-state index < -0.39 is 5.41 Å². The molecule has 3 nitrogen and oxygen atoms in total. The molecule has 1 aromatic carbocycles. The van der Waals surface area contributed by atoms with E-state index in [0.29, 0.717) is 0 Å². The molecule has 0 unspecified atom stereocenters. The molecule has 0 atom stereocenters. The summed E-state index contributed by atoms with van der Waals surface area (Å²) < 4.78 is 0. The Hall–Kier alpha value is -2.08. The zero-order chi connectivity index (χ0) is 19.8. The summed E-state index contributed by atoms with van der Waals surface area (Å²) in [6, 6.07) is 5.78. The highest BCUT2D eigenvalue weighted by molar-refractivity contribution is 6.06. The molecule has 0 aliphatic rings. The van der Waals surface area contributed by atoms with Crippen molar-refractivity contribution in [3.8, 4) is 11.8 Å². The van der Waals surface area contributed by atoms with E-state index in [1.165, 1.54) is 0 Å². The first-order valence-corrected chi connectivity index (χ1v) is 8.63. The number of rotatable bonds is 2. The maximum absolute atomic E-state index is 12.5. The second-order valence-electron chi connectivity index (χ2n) is 9.71. The van der Waals surface area contributed by atoms with Crippen molar-refractivity contribution in [2.24, 2.45) is 5.41 Å². The lowest BCUT2D eigenvalue weighted by atomic mass is 9.78. The first-order valence-electron chi connectivity index (χ1n) is 8.63. The Morgan fingerprint density at radius 1 is 0.960 bits per heavy atom. The van der Waals surface area contributed by atoms with Crippen LogP contribution in [0.4, 0.5) is 0 Å². The van der Waals surface area contributed by atoms with Crippen LogP contribution in [0.5, 0.6) is 5.75 Å². The molecule has 136 valence electrons. The summed E-state index contributed by atoms with van der Waals surface area (Å²) in [5.74, 6) is 0.107. The fourth-order valence-corrected chi connectivity index (χ4v) is 2.60. The van der Waals surface area contributed by atoms with E-state index in [2.05, 4.69) is 0 Å². The van der Waals surface area contributed by atoms with Crippen molar-refractivity contribution in [2.45, 2.75) is 73.1 Å². The van der Waals surface area contributed by atoms with Crippen molar-refractivity contribution >= 4 is 11.9 Å². The van der Waals surface area contributed by atoms with Gasteiger partial charge in [-0.1, -0.05) is 62.3 Å². The third-order valence-electron chi connectivity index (χ3n) is 4.11. The predicted molar refractivity (Wildman–Crippen MR) is 104 cm³/mol. The predicted octanol–water partition coefficient (Wildman–Crippen LogP) is 5.51. The fraction of sp³-hybridized carbons (Fsp3) is 0.545. The van der Waals surface area contributed by atoms with Crippen LogP contribution in [0, 0.1) is 16.7 Å². The quantitative estimate of drug-likeness (QED) is 0.570. The molecular weight excluding hydrogens is 310 g/mol. The van der Waals surface area contributed by atoms with Gasteiger partial charge < -0.3 is 5.11 Å². The molecule has 0 aliphatic carbocycles. The lowest BCUT2D eigenvalue weighted by Gasteiger charge is -2.28. The molecule has 0 radical (unpaired) electrons. The third kappa shape index (κ3) is 4.95. The summed E-state index contributed by atoms with van der Waals surface area (Å²) >= 11 is 0. The van der Waals surface area contributed by atoms with E-state index in [1.807, 2.05) is 59.7 Å². The average molecular weight is 341 g/mol. The van der Waals surface area contributed by atoms with Crippen LogP contribution in [0.15, 0.2) is 17.7 Å². The van der Waals surface area contributed by atoms with E-state index in [1.54, 1.807) is 26.8 Å². The Morgan fingerprint density at radius 3 is 1.64 bits per heavy atom. The zero-order valence-corrected chi connectivity index (χ0v) is 17.0. The highest BCUT2D eigenvalue weighted by Gasteiger charge is 2.28. The van der Waals surface area contributed by atoms with Gasteiger partial charge >= 0.3 is 0 Å². The standard InChI is InChI=1S/C22H31NO2/c1-20(2,3)16-11-14(12-17(18(16)24)21(4,5)6)10-15(13-23)19(25)22(7,8)9/h10-12,24H,1-9H3/b15-10-. The zero-order valence-electron chi connectivity index (χ0n) is 17.0. The number of hydrogen-bond acceptors (Lipinski definition) is 3. The lowest BCUT2D eigenvalue weighted by molar-refractivity contribution is -0.121. The monoisotopic (exact) mass is 341 g/mol. The highest BCUT2D eigenvalue weighted by Crippen LogP contribution is 2.40. The molecule has 25 heavy (non-hydrogen) atoms. The van der Waals surface area contributed by atoms with Crippen molar-refractivity contribution in [1.82, 2.24) is 0 Å². The second kappa shape index (κ2) is 6.67. The van der Waals surface area contributed by atoms with E-state index in [-0.39, 0.29) is 27.9 Å². The van der Waals surface area contributed by atoms with E-state index in [9.17, 15) is 15.2 Å². The molecule has 0 spiro atoms. The first kappa shape index (κ1) is 21.0. The van der Waals surface area contributed by atoms with Crippen LogP contribution in [-0.2, 0) is 15.6 Å². The van der Waals surface area contributed by atoms with E-state index in [0.717, 1.165) is 16.7 Å². The minimum Gasteiger partial charge on any atom is -0.507 e. The number of aromatic hydroxyl groups is 1. The number of carbonyl (C=O) groups is 1. The number of allylic oxidation sites excluding steroid dienone is 1. The summed E-state index contributed by atoms with van der Waals surface area (Å²) in [7, 11) is 0. The minimum atomic E-state index is -0.613. The lowest BCUT2D eigenvalue weighted by Crippen LogP contribution is -2.21. The van der Waals surface area contributed by atoms with Gasteiger partial charge in [0.25, 0.3) is 0 Å². The Labute approximate surface area is 152 Å². The van der Waals surface area contributed by atoms with Gasteiger partial charge in [-0.15, -0.1) is 0 Å². The van der Waals surface area contributed by atoms with E-state index >= 15 is 0 Å².